The third-order valence-corrected chi connectivity index (χ3v) is 4.13. The van der Waals surface area contributed by atoms with Gasteiger partial charge < -0.3 is 10.0 Å². The lowest BCUT2D eigenvalue weighted by molar-refractivity contribution is -0.141. The molecule has 1 N–H and O–H groups in total. The lowest BCUT2D eigenvalue weighted by atomic mass is 9.86. The van der Waals surface area contributed by atoms with Crippen molar-refractivity contribution in [2.24, 2.45) is 11.3 Å². The molecular formula is C17H24FNO2. The van der Waals surface area contributed by atoms with Crippen LogP contribution in [0.1, 0.15) is 45.3 Å². The summed E-state index contributed by atoms with van der Waals surface area (Å²) < 4.78 is 12.9. The Hall–Kier alpha value is -1.42. The van der Waals surface area contributed by atoms with E-state index in [1.165, 1.54) is 12.1 Å². The van der Waals surface area contributed by atoms with E-state index in [1.807, 2.05) is 25.7 Å². The smallest absolute Gasteiger partial charge is 0.227 e. The third-order valence-electron chi connectivity index (χ3n) is 4.13. The van der Waals surface area contributed by atoms with E-state index in [9.17, 15) is 14.3 Å². The number of piperidine rings is 1. The molecule has 0 saturated carbocycles. The van der Waals surface area contributed by atoms with E-state index in [-0.39, 0.29) is 23.1 Å². The van der Waals surface area contributed by atoms with Crippen LogP contribution in [0.2, 0.25) is 0 Å². The van der Waals surface area contributed by atoms with Crippen molar-refractivity contribution >= 4 is 5.91 Å². The standard InChI is InChI=1S/C17H24FNO2/c1-17(2,3)16(21)19-10-8-13(9-11-19)15(20)12-4-6-14(18)7-5-12/h4-7,13,15,20H,8-11H2,1-3H3. The zero-order chi connectivity index (χ0) is 15.6. The Morgan fingerprint density at radius 3 is 2.24 bits per heavy atom. The fraction of sp³-hybridized carbons (Fsp3) is 0.588. The summed E-state index contributed by atoms with van der Waals surface area (Å²) in [7, 11) is 0. The molecule has 116 valence electrons. The highest BCUT2D eigenvalue weighted by atomic mass is 19.1. The second-order valence-corrected chi connectivity index (χ2v) is 6.88. The summed E-state index contributed by atoms with van der Waals surface area (Å²) in [5, 5.41) is 10.4. The quantitative estimate of drug-likeness (QED) is 0.910. The van der Waals surface area contributed by atoms with Gasteiger partial charge in [-0.15, -0.1) is 0 Å². The van der Waals surface area contributed by atoms with Gasteiger partial charge in [-0.2, -0.15) is 0 Å². The molecule has 1 aliphatic rings. The van der Waals surface area contributed by atoms with Gasteiger partial charge in [-0.3, -0.25) is 4.79 Å². The van der Waals surface area contributed by atoms with Gasteiger partial charge in [0, 0.05) is 18.5 Å². The minimum atomic E-state index is -0.586. The largest absolute Gasteiger partial charge is 0.388 e. The van der Waals surface area contributed by atoms with Crippen LogP contribution in [0.5, 0.6) is 0 Å². The first kappa shape index (κ1) is 16.0. The maximum atomic E-state index is 12.9. The Labute approximate surface area is 125 Å². The normalized spacial score (nSPS) is 18.6. The number of hydrogen-bond acceptors (Lipinski definition) is 2. The number of rotatable bonds is 2. The second-order valence-electron chi connectivity index (χ2n) is 6.88. The summed E-state index contributed by atoms with van der Waals surface area (Å²) in [6, 6.07) is 6.01. The number of hydrogen-bond donors (Lipinski definition) is 1. The number of amides is 1. The number of carbonyl (C=O) groups excluding carboxylic acids is 1. The Kier molecular flexibility index (Phi) is 4.67. The van der Waals surface area contributed by atoms with Crippen molar-refractivity contribution in [2.45, 2.75) is 39.7 Å². The molecule has 1 unspecified atom stereocenters. The van der Waals surface area contributed by atoms with Gasteiger partial charge in [-0.25, -0.2) is 4.39 Å². The van der Waals surface area contributed by atoms with Gasteiger partial charge >= 0.3 is 0 Å². The van der Waals surface area contributed by atoms with Crippen LogP contribution in [0.3, 0.4) is 0 Å². The number of benzene rings is 1. The molecule has 0 spiro atoms. The topological polar surface area (TPSA) is 40.5 Å². The first-order valence-corrected chi connectivity index (χ1v) is 7.52. The lowest BCUT2D eigenvalue weighted by Gasteiger charge is -2.37. The molecule has 1 amide bonds. The first-order chi connectivity index (χ1) is 9.79. The molecular weight excluding hydrogens is 269 g/mol. The summed E-state index contributed by atoms with van der Waals surface area (Å²) in [6.45, 7) is 7.14. The van der Waals surface area contributed by atoms with Gasteiger partial charge in [0.25, 0.3) is 0 Å². The molecule has 1 saturated heterocycles. The van der Waals surface area contributed by atoms with Crippen molar-refractivity contribution in [2.75, 3.05) is 13.1 Å². The van der Waals surface area contributed by atoms with Crippen molar-refractivity contribution in [1.29, 1.82) is 0 Å². The molecule has 21 heavy (non-hydrogen) atoms. The Morgan fingerprint density at radius 1 is 1.24 bits per heavy atom. The molecule has 1 atom stereocenters. The van der Waals surface area contributed by atoms with E-state index in [2.05, 4.69) is 0 Å². The summed E-state index contributed by atoms with van der Waals surface area (Å²) in [6.07, 6.45) is 0.971. The SMILES string of the molecule is CC(C)(C)C(=O)N1CCC(C(O)c2ccc(F)cc2)CC1. The molecule has 0 radical (unpaired) electrons. The van der Waals surface area contributed by atoms with Crippen LogP contribution in [-0.2, 0) is 4.79 Å². The number of carbonyl (C=O) groups is 1. The molecule has 3 nitrogen and oxygen atoms in total. The average molecular weight is 293 g/mol. The van der Waals surface area contributed by atoms with Crippen LogP contribution in [-0.4, -0.2) is 29.0 Å². The molecule has 0 aliphatic carbocycles. The number of aliphatic hydroxyl groups excluding tert-OH is 1. The van der Waals surface area contributed by atoms with Gasteiger partial charge in [-0.05, 0) is 36.5 Å². The Balaban J connectivity index is 1.94. The Morgan fingerprint density at radius 2 is 1.76 bits per heavy atom. The summed E-state index contributed by atoms with van der Waals surface area (Å²) in [4.78, 5) is 14.1. The van der Waals surface area contributed by atoms with E-state index in [0.717, 1.165) is 18.4 Å². The Bertz CT molecular complexity index is 485. The van der Waals surface area contributed by atoms with Crippen molar-refractivity contribution in [3.05, 3.63) is 35.6 Å². The van der Waals surface area contributed by atoms with Crippen LogP contribution in [0, 0.1) is 17.2 Å². The highest BCUT2D eigenvalue weighted by molar-refractivity contribution is 5.81. The van der Waals surface area contributed by atoms with Crippen LogP contribution < -0.4 is 0 Å². The maximum Gasteiger partial charge on any atom is 0.227 e. The second kappa shape index (κ2) is 6.14. The molecule has 1 aliphatic heterocycles. The highest BCUT2D eigenvalue weighted by Crippen LogP contribution is 2.32. The number of halogens is 1. The van der Waals surface area contributed by atoms with E-state index in [0.29, 0.717) is 13.1 Å². The van der Waals surface area contributed by atoms with Crippen molar-refractivity contribution in [3.63, 3.8) is 0 Å². The number of aliphatic hydroxyl groups is 1. The molecule has 1 fully saturated rings. The number of likely N-dealkylation sites (tertiary alicyclic amines) is 1. The van der Waals surface area contributed by atoms with E-state index < -0.39 is 6.10 Å². The molecule has 4 heteroatoms. The van der Waals surface area contributed by atoms with Crippen molar-refractivity contribution in [3.8, 4) is 0 Å². The van der Waals surface area contributed by atoms with Gasteiger partial charge in [-0.1, -0.05) is 32.9 Å². The van der Waals surface area contributed by atoms with Crippen LogP contribution in [0.25, 0.3) is 0 Å². The minimum absolute atomic E-state index is 0.125. The molecule has 1 aromatic carbocycles. The van der Waals surface area contributed by atoms with E-state index >= 15 is 0 Å². The third kappa shape index (κ3) is 3.82. The molecule has 1 heterocycles. The summed E-state index contributed by atoms with van der Waals surface area (Å²) in [5.41, 5.74) is 0.388. The van der Waals surface area contributed by atoms with Gasteiger partial charge in [0.15, 0.2) is 0 Å². The van der Waals surface area contributed by atoms with Crippen LogP contribution >= 0.6 is 0 Å². The fourth-order valence-electron chi connectivity index (χ4n) is 2.82. The highest BCUT2D eigenvalue weighted by Gasteiger charge is 2.32. The van der Waals surface area contributed by atoms with Crippen molar-refractivity contribution < 1.29 is 14.3 Å². The van der Waals surface area contributed by atoms with E-state index in [4.69, 9.17) is 0 Å². The van der Waals surface area contributed by atoms with E-state index in [1.54, 1.807) is 12.1 Å². The predicted molar refractivity (Wildman–Crippen MR) is 80.1 cm³/mol. The van der Waals surface area contributed by atoms with Gasteiger partial charge in [0.2, 0.25) is 5.91 Å². The summed E-state index contributed by atoms with van der Waals surface area (Å²) in [5.74, 6) is -0.00625. The van der Waals surface area contributed by atoms with Gasteiger partial charge in [0.05, 0.1) is 6.10 Å². The van der Waals surface area contributed by atoms with Crippen molar-refractivity contribution in [1.82, 2.24) is 4.90 Å². The fourth-order valence-corrected chi connectivity index (χ4v) is 2.82. The maximum absolute atomic E-state index is 12.9. The molecule has 0 aromatic heterocycles. The predicted octanol–water partition coefficient (Wildman–Crippen LogP) is 3.14. The molecule has 0 bridgehead atoms. The molecule has 2 rings (SSSR count). The van der Waals surface area contributed by atoms with Crippen LogP contribution in [0.15, 0.2) is 24.3 Å². The first-order valence-electron chi connectivity index (χ1n) is 7.52. The average Bonchev–Trinajstić information content (AvgIpc) is 2.46. The van der Waals surface area contributed by atoms with Gasteiger partial charge in [0.1, 0.15) is 5.82 Å². The summed E-state index contributed by atoms with van der Waals surface area (Å²) >= 11 is 0. The zero-order valence-corrected chi connectivity index (χ0v) is 13.0. The lowest BCUT2D eigenvalue weighted by Crippen LogP contribution is -2.44. The minimum Gasteiger partial charge on any atom is -0.388 e. The zero-order valence-electron chi connectivity index (χ0n) is 13.0. The van der Waals surface area contributed by atoms with Crippen LogP contribution in [0.4, 0.5) is 4.39 Å². The number of nitrogens with zero attached hydrogens (tertiary/aromatic N) is 1. The molecule has 1 aromatic rings. The monoisotopic (exact) mass is 293 g/mol.